The van der Waals surface area contributed by atoms with Gasteiger partial charge in [0, 0.05) is 25.8 Å². The number of ketones is 1. The molecule has 1 amide bonds. The van der Waals surface area contributed by atoms with Gasteiger partial charge < -0.3 is 10.1 Å². The Morgan fingerprint density at radius 1 is 1.36 bits per heavy atom. The summed E-state index contributed by atoms with van der Waals surface area (Å²) in [5, 5.41) is 7.46. The largest absolute Gasteiger partial charge is 0.376 e. The molecule has 1 aliphatic heterocycles. The molecule has 1 aliphatic carbocycles. The summed E-state index contributed by atoms with van der Waals surface area (Å²) in [4.78, 5) is 29.3. The average molecular weight is 382 g/mol. The van der Waals surface area contributed by atoms with E-state index in [9.17, 15) is 9.59 Å². The Kier molecular flexibility index (Phi) is 4.79. The van der Waals surface area contributed by atoms with E-state index >= 15 is 0 Å². The molecule has 1 fully saturated rings. The predicted molar refractivity (Wildman–Crippen MR) is 104 cm³/mol. The Labute approximate surface area is 164 Å². The predicted octanol–water partition coefficient (Wildman–Crippen LogP) is 2.64. The lowest BCUT2D eigenvalue weighted by atomic mass is 9.75. The van der Waals surface area contributed by atoms with Gasteiger partial charge in [-0.3, -0.25) is 9.59 Å². The molecular weight excluding hydrogens is 356 g/mol. The maximum atomic E-state index is 12.6. The van der Waals surface area contributed by atoms with E-state index in [4.69, 9.17) is 4.74 Å². The topological polar surface area (TPSA) is 86.1 Å². The zero-order chi connectivity index (χ0) is 19.9. The maximum absolute atomic E-state index is 12.6. The molecule has 0 spiro atoms. The van der Waals surface area contributed by atoms with E-state index in [0.717, 1.165) is 42.8 Å². The number of amides is 1. The first kappa shape index (κ1) is 18.8. The number of fused-ring (bicyclic) bond motifs is 1. The number of ether oxygens (including phenoxy) is 1. The van der Waals surface area contributed by atoms with Crippen molar-refractivity contribution in [2.75, 3.05) is 13.2 Å². The fourth-order valence-electron chi connectivity index (χ4n) is 4.09. The smallest absolute Gasteiger partial charge is 0.252 e. The highest BCUT2D eigenvalue weighted by atomic mass is 16.5. The van der Waals surface area contributed by atoms with Gasteiger partial charge in [-0.05, 0) is 43.7 Å². The van der Waals surface area contributed by atoms with Crippen LogP contribution in [0, 0.1) is 12.3 Å². The van der Waals surface area contributed by atoms with E-state index in [2.05, 4.69) is 29.2 Å². The van der Waals surface area contributed by atoms with Crippen LogP contribution in [0.2, 0.25) is 0 Å². The minimum Gasteiger partial charge on any atom is -0.376 e. The van der Waals surface area contributed by atoms with Crippen molar-refractivity contribution in [3.05, 3.63) is 40.8 Å². The quantitative estimate of drug-likeness (QED) is 0.878. The first-order chi connectivity index (χ1) is 13.3. The van der Waals surface area contributed by atoms with Crippen LogP contribution in [0.15, 0.2) is 18.3 Å². The van der Waals surface area contributed by atoms with Crippen LogP contribution < -0.4 is 5.32 Å². The summed E-state index contributed by atoms with van der Waals surface area (Å²) in [5.74, 6) is 0.593. The number of nitrogens with one attached hydrogen (secondary N) is 1. The summed E-state index contributed by atoms with van der Waals surface area (Å²) in [5.41, 5.74) is 2.75. The van der Waals surface area contributed by atoms with Crippen molar-refractivity contribution >= 4 is 11.7 Å². The Balaban J connectivity index is 1.54. The van der Waals surface area contributed by atoms with Gasteiger partial charge in [0.25, 0.3) is 5.91 Å². The average Bonchev–Trinajstić information content (AvgIpc) is 3.27. The van der Waals surface area contributed by atoms with Crippen LogP contribution in [0.25, 0.3) is 5.82 Å². The molecule has 1 atom stereocenters. The number of aromatic nitrogens is 3. The Hall–Kier alpha value is -2.54. The highest BCUT2D eigenvalue weighted by Crippen LogP contribution is 2.36. The summed E-state index contributed by atoms with van der Waals surface area (Å²) < 4.78 is 7.27. The Morgan fingerprint density at radius 3 is 2.86 bits per heavy atom. The van der Waals surface area contributed by atoms with Crippen LogP contribution in [0.4, 0.5) is 0 Å². The molecule has 2 aromatic heterocycles. The molecule has 0 bridgehead atoms. The van der Waals surface area contributed by atoms with Crippen LogP contribution in [-0.2, 0) is 11.2 Å². The normalized spacial score (nSPS) is 20.8. The first-order valence-corrected chi connectivity index (χ1v) is 9.82. The van der Waals surface area contributed by atoms with Gasteiger partial charge in [0.15, 0.2) is 11.6 Å². The lowest BCUT2D eigenvalue weighted by molar-refractivity contribution is 0.0857. The number of hydrogen-bond donors (Lipinski definition) is 1. The second kappa shape index (κ2) is 7.13. The second-order valence-electron chi connectivity index (χ2n) is 8.51. The monoisotopic (exact) mass is 382 g/mol. The molecule has 1 unspecified atom stereocenters. The van der Waals surface area contributed by atoms with Crippen molar-refractivity contribution in [3.8, 4) is 5.82 Å². The van der Waals surface area contributed by atoms with Crippen LogP contribution in [0.3, 0.4) is 0 Å². The van der Waals surface area contributed by atoms with Crippen molar-refractivity contribution in [3.63, 3.8) is 0 Å². The number of Topliss-reactive ketones (excluding diaryl/α,β-unsaturated/α-hetero) is 1. The molecule has 28 heavy (non-hydrogen) atoms. The number of carbonyl (C=O) groups excluding carboxylic acids is 2. The standard InChI is InChI=1S/C21H26N4O3/c1-13-19-16(9-21(2,3)10-17(19)26)25(24-13)18-7-6-14(11-22-18)20(27)23-12-15-5-4-8-28-15/h6-7,11,15H,4-5,8-10,12H2,1-3H3,(H,23,27). The molecule has 0 aromatic carbocycles. The van der Waals surface area contributed by atoms with Crippen LogP contribution in [0.5, 0.6) is 0 Å². The van der Waals surface area contributed by atoms with E-state index in [1.54, 1.807) is 23.0 Å². The molecule has 0 saturated carbocycles. The molecule has 1 saturated heterocycles. The van der Waals surface area contributed by atoms with Gasteiger partial charge in [-0.1, -0.05) is 13.8 Å². The molecule has 7 nitrogen and oxygen atoms in total. The number of carbonyl (C=O) groups is 2. The summed E-state index contributed by atoms with van der Waals surface area (Å²) in [6, 6.07) is 3.52. The molecule has 2 aromatic rings. The molecule has 2 aliphatic rings. The summed E-state index contributed by atoms with van der Waals surface area (Å²) in [6.45, 7) is 7.33. The molecular formula is C21H26N4O3. The second-order valence-corrected chi connectivity index (χ2v) is 8.51. The number of rotatable bonds is 4. The molecule has 4 rings (SSSR count). The highest BCUT2D eigenvalue weighted by molar-refractivity contribution is 6.00. The highest BCUT2D eigenvalue weighted by Gasteiger charge is 2.35. The third kappa shape index (κ3) is 3.58. The van der Waals surface area contributed by atoms with Gasteiger partial charge in [-0.25, -0.2) is 9.67 Å². The van der Waals surface area contributed by atoms with Gasteiger partial charge in [-0.2, -0.15) is 5.10 Å². The molecule has 1 N–H and O–H groups in total. The van der Waals surface area contributed by atoms with Gasteiger partial charge in [-0.15, -0.1) is 0 Å². The molecule has 0 radical (unpaired) electrons. The number of aryl methyl sites for hydroxylation is 1. The third-order valence-corrected chi connectivity index (χ3v) is 5.46. The van der Waals surface area contributed by atoms with E-state index in [-0.39, 0.29) is 23.2 Å². The van der Waals surface area contributed by atoms with Gasteiger partial charge >= 0.3 is 0 Å². The van der Waals surface area contributed by atoms with Gasteiger partial charge in [0.2, 0.25) is 0 Å². The van der Waals surface area contributed by atoms with Crippen molar-refractivity contribution in [2.24, 2.45) is 5.41 Å². The third-order valence-electron chi connectivity index (χ3n) is 5.46. The fraction of sp³-hybridized carbons (Fsp3) is 0.524. The molecule has 148 valence electrons. The van der Waals surface area contributed by atoms with Crippen molar-refractivity contribution in [1.29, 1.82) is 0 Å². The maximum Gasteiger partial charge on any atom is 0.252 e. The van der Waals surface area contributed by atoms with Gasteiger partial charge in [0.1, 0.15) is 0 Å². The SMILES string of the molecule is Cc1nn(-c2ccc(C(=O)NCC3CCCO3)cn2)c2c1C(=O)CC(C)(C)C2. The number of hydrogen-bond acceptors (Lipinski definition) is 5. The van der Waals surface area contributed by atoms with E-state index in [1.165, 1.54) is 0 Å². The van der Waals surface area contributed by atoms with Crippen molar-refractivity contribution in [1.82, 2.24) is 20.1 Å². The van der Waals surface area contributed by atoms with Crippen LogP contribution in [-0.4, -0.2) is 45.7 Å². The Morgan fingerprint density at radius 2 is 2.18 bits per heavy atom. The van der Waals surface area contributed by atoms with E-state index < -0.39 is 0 Å². The lowest BCUT2D eigenvalue weighted by Crippen LogP contribution is -2.31. The van der Waals surface area contributed by atoms with Gasteiger partial charge in [0.05, 0.1) is 28.6 Å². The van der Waals surface area contributed by atoms with Crippen LogP contribution >= 0.6 is 0 Å². The summed E-state index contributed by atoms with van der Waals surface area (Å²) in [6.07, 6.45) is 4.99. The molecule has 3 heterocycles. The lowest BCUT2D eigenvalue weighted by Gasteiger charge is -2.29. The first-order valence-electron chi connectivity index (χ1n) is 9.82. The molecule has 7 heteroatoms. The van der Waals surface area contributed by atoms with Crippen LogP contribution in [0.1, 0.15) is 65.2 Å². The Bertz CT molecular complexity index is 908. The van der Waals surface area contributed by atoms with Crippen molar-refractivity contribution < 1.29 is 14.3 Å². The summed E-state index contributed by atoms with van der Waals surface area (Å²) in [7, 11) is 0. The summed E-state index contributed by atoms with van der Waals surface area (Å²) >= 11 is 0. The minimum absolute atomic E-state index is 0.101. The van der Waals surface area contributed by atoms with E-state index in [1.807, 2.05) is 6.92 Å². The zero-order valence-electron chi connectivity index (χ0n) is 16.6. The van der Waals surface area contributed by atoms with E-state index in [0.29, 0.717) is 24.3 Å². The number of pyridine rings is 1. The fourth-order valence-corrected chi connectivity index (χ4v) is 4.09. The minimum atomic E-state index is -0.162. The van der Waals surface area contributed by atoms with Crippen molar-refractivity contribution in [2.45, 2.75) is 52.6 Å². The number of nitrogens with zero attached hydrogens (tertiary/aromatic N) is 3. The zero-order valence-corrected chi connectivity index (χ0v) is 16.6.